The average molecular weight is 487 g/mol. The summed E-state index contributed by atoms with van der Waals surface area (Å²) in [6, 6.07) is 10.8. The van der Waals surface area contributed by atoms with Gasteiger partial charge in [0.15, 0.2) is 0 Å². The molecule has 3 N–H and O–H groups in total. The van der Waals surface area contributed by atoms with Crippen molar-refractivity contribution in [3.05, 3.63) is 59.2 Å². The van der Waals surface area contributed by atoms with E-state index in [9.17, 15) is 18.3 Å². The lowest BCUT2D eigenvalue weighted by atomic mass is 9.86. The number of carbonyl (C=O) groups excluding carboxylic acids is 1. The summed E-state index contributed by atoms with van der Waals surface area (Å²) in [5.74, 6) is 0.240. The molecule has 1 heterocycles. The number of carbonyl (C=O) groups is 1. The highest BCUT2D eigenvalue weighted by Gasteiger charge is 2.45. The summed E-state index contributed by atoms with van der Waals surface area (Å²) < 4.78 is 35.1. The molecule has 2 aromatic rings. The highest BCUT2D eigenvalue weighted by molar-refractivity contribution is 7.89. The summed E-state index contributed by atoms with van der Waals surface area (Å²) in [4.78, 5) is 13.0. The minimum atomic E-state index is -3.93. The molecule has 4 rings (SSSR count). The zero-order valence-electron chi connectivity index (χ0n) is 20.0. The minimum absolute atomic E-state index is 0.119. The summed E-state index contributed by atoms with van der Waals surface area (Å²) in [5, 5.41) is 14.2. The van der Waals surface area contributed by atoms with Crippen LogP contribution in [0.3, 0.4) is 0 Å². The fourth-order valence-corrected chi connectivity index (χ4v) is 5.94. The zero-order valence-corrected chi connectivity index (χ0v) is 20.8. The van der Waals surface area contributed by atoms with Gasteiger partial charge < -0.3 is 15.2 Å². The number of hydrogen-bond acceptors (Lipinski definition) is 5. The topological polar surface area (TPSA) is 105 Å². The van der Waals surface area contributed by atoms with Gasteiger partial charge in [0.25, 0.3) is 5.91 Å². The van der Waals surface area contributed by atoms with Gasteiger partial charge >= 0.3 is 0 Å². The van der Waals surface area contributed by atoms with Crippen LogP contribution in [0.1, 0.15) is 80.4 Å². The largest absolute Gasteiger partial charge is 0.485 e. The molecule has 2 aliphatic rings. The van der Waals surface area contributed by atoms with E-state index in [1.54, 1.807) is 56.3 Å². The number of rotatable bonds is 6. The minimum Gasteiger partial charge on any atom is -0.485 e. The van der Waals surface area contributed by atoms with Gasteiger partial charge in [-0.1, -0.05) is 38.3 Å². The predicted molar refractivity (Wildman–Crippen MR) is 130 cm³/mol. The van der Waals surface area contributed by atoms with E-state index in [2.05, 4.69) is 10.0 Å². The molecule has 0 saturated heterocycles. The average Bonchev–Trinajstić information content (AvgIpc) is 2.82. The van der Waals surface area contributed by atoms with Crippen molar-refractivity contribution in [3.63, 3.8) is 0 Å². The number of benzene rings is 2. The van der Waals surface area contributed by atoms with Crippen LogP contribution >= 0.6 is 0 Å². The van der Waals surface area contributed by atoms with Crippen LogP contribution in [0.2, 0.25) is 0 Å². The molecular formula is C26H34N2O5S. The van der Waals surface area contributed by atoms with Crippen LogP contribution in [0, 0.1) is 0 Å². The Morgan fingerprint density at radius 1 is 1.09 bits per heavy atom. The second-order valence-electron chi connectivity index (χ2n) is 9.81. The molecule has 8 heteroatoms. The van der Waals surface area contributed by atoms with E-state index >= 15 is 0 Å². The van der Waals surface area contributed by atoms with Crippen molar-refractivity contribution in [3.8, 4) is 5.75 Å². The molecule has 7 nitrogen and oxygen atoms in total. The summed E-state index contributed by atoms with van der Waals surface area (Å²) in [7, 11) is -3.93. The fraction of sp³-hybridized carbons (Fsp3) is 0.500. The van der Waals surface area contributed by atoms with Crippen LogP contribution in [0.15, 0.2) is 47.4 Å². The van der Waals surface area contributed by atoms with Crippen molar-refractivity contribution in [2.75, 3.05) is 0 Å². The molecule has 34 heavy (non-hydrogen) atoms. The predicted octanol–water partition coefficient (Wildman–Crippen LogP) is 3.86. The molecule has 1 aliphatic heterocycles. The van der Waals surface area contributed by atoms with Crippen molar-refractivity contribution in [2.45, 2.75) is 88.0 Å². The quantitative estimate of drug-likeness (QED) is 0.575. The van der Waals surface area contributed by atoms with Gasteiger partial charge in [0.2, 0.25) is 10.0 Å². The van der Waals surface area contributed by atoms with Crippen LogP contribution in [0.5, 0.6) is 5.75 Å². The number of sulfonamides is 1. The van der Waals surface area contributed by atoms with E-state index in [1.165, 1.54) is 6.42 Å². The van der Waals surface area contributed by atoms with Crippen LogP contribution in [0.4, 0.5) is 0 Å². The standard InChI is InChI=1S/C26H34N2O5S/c1-4-17-10-13-20(14-11-17)34(31,32)28-23-21-16-18(25(30)27-19-8-6-5-7-9-19)12-15-22(21)33-26(2,3)24(23)29/h10-16,19,23-24,28-29H,4-9H2,1-3H3,(H,27,30)/t23-,24+/m1/s1. The van der Waals surface area contributed by atoms with E-state index < -0.39 is 27.8 Å². The molecule has 0 spiro atoms. The molecule has 1 amide bonds. The number of amides is 1. The number of aryl methyl sites for hydroxylation is 1. The maximum atomic E-state index is 13.2. The third-order valence-corrected chi connectivity index (χ3v) is 8.33. The maximum Gasteiger partial charge on any atom is 0.251 e. The number of fused-ring (bicyclic) bond motifs is 1. The van der Waals surface area contributed by atoms with E-state index in [1.807, 2.05) is 6.92 Å². The molecule has 1 saturated carbocycles. The van der Waals surface area contributed by atoms with Crippen LogP contribution in [0.25, 0.3) is 0 Å². The van der Waals surface area contributed by atoms with Gasteiger partial charge in [-0.3, -0.25) is 4.79 Å². The van der Waals surface area contributed by atoms with E-state index in [0.717, 1.165) is 37.7 Å². The van der Waals surface area contributed by atoms with Gasteiger partial charge in [-0.2, -0.15) is 0 Å². The van der Waals surface area contributed by atoms with Crippen molar-refractivity contribution in [1.82, 2.24) is 10.0 Å². The Morgan fingerprint density at radius 3 is 2.41 bits per heavy atom. The first-order valence-corrected chi connectivity index (χ1v) is 13.5. The Bertz CT molecular complexity index is 1140. The lowest BCUT2D eigenvalue weighted by Crippen LogP contribution is -2.53. The number of aliphatic hydroxyl groups excluding tert-OH is 1. The number of ether oxygens (including phenoxy) is 1. The van der Waals surface area contributed by atoms with E-state index in [-0.39, 0.29) is 16.8 Å². The molecule has 1 aliphatic carbocycles. The van der Waals surface area contributed by atoms with Gasteiger partial charge in [-0.05, 0) is 69.0 Å². The van der Waals surface area contributed by atoms with Gasteiger partial charge in [-0.25, -0.2) is 13.1 Å². The van der Waals surface area contributed by atoms with E-state index in [0.29, 0.717) is 16.9 Å². The summed E-state index contributed by atoms with van der Waals surface area (Å²) in [6.07, 6.45) is 4.97. The molecule has 0 radical (unpaired) electrons. The Morgan fingerprint density at radius 2 is 1.76 bits per heavy atom. The van der Waals surface area contributed by atoms with Crippen LogP contribution < -0.4 is 14.8 Å². The first-order chi connectivity index (χ1) is 16.1. The van der Waals surface area contributed by atoms with Gasteiger partial charge in [-0.15, -0.1) is 0 Å². The molecule has 1 fully saturated rings. The van der Waals surface area contributed by atoms with Crippen LogP contribution in [-0.2, 0) is 16.4 Å². The smallest absolute Gasteiger partial charge is 0.251 e. The normalized spacial score (nSPS) is 22.5. The second kappa shape index (κ2) is 9.68. The van der Waals surface area contributed by atoms with Crippen molar-refractivity contribution >= 4 is 15.9 Å². The van der Waals surface area contributed by atoms with Gasteiger partial charge in [0.1, 0.15) is 17.5 Å². The van der Waals surface area contributed by atoms with E-state index in [4.69, 9.17) is 4.74 Å². The van der Waals surface area contributed by atoms with Crippen molar-refractivity contribution < 1.29 is 23.1 Å². The lowest BCUT2D eigenvalue weighted by molar-refractivity contribution is -0.0603. The fourth-order valence-electron chi connectivity index (χ4n) is 4.72. The first-order valence-electron chi connectivity index (χ1n) is 12.0. The molecule has 0 aromatic heterocycles. The van der Waals surface area contributed by atoms with Gasteiger partial charge in [0, 0.05) is 17.2 Å². The number of hydrogen-bond donors (Lipinski definition) is 3. The highest BCUT2D eigenvalue weighted by Crippen LogP contribution is 2.41. The second-order valence-corrected chi connectivity index (χ2v) is 11.5. The summed E-state index contributed by atoms with van der Waals surface area (Å²) in [5.41, 5.74) is 0.858. The Balaban J connectivity index is 1.64. The molecule has 0 bridgehead atoms. The Hall–Kier alpha value is -2.42. The molecule has 2 aromatic carbocycles. The summed E-state index contributed by atoms with van der Waals surface area (Å²) in [6.45, 7) is 5.42. The molecule has 184 valence electrons. The molecule has 2 atom stereocenters. The Kier molecular flexibility index (Phi) is 7.03. The lowest BCUT2D eigenvalue weighted by Gasteiger charge is -2.42. The number of aliphatic hydroxyl groups is 1. The highest BCUT2D eigenvalue weighted by atomic mass is 32.2. The number of nitrogens with one attached hydrogen (secondary N) is 2. The first kappa shape index (κ1) is 24.7. The third kappa shape index (κ3) is 5.14. The Labute approximate surface area is 202 Å². The SMILES string of the molecule is CCc1ccc(S(=O)(=O)N[C@@H]2c3cc(C(=O)NC4CCCCC4)ccc3OC(C)(C)[C@H]2O)cc1. The monoisotopic (exact) mass is 486 g/mol. The molecule has 0 unspecified atom stereocenters. The van der Waals surface area contributed by atoms with Gasteiger partial charge in [0.05, 0.1) is 10.9 Å². The van der Waals surface area contributed by atoms with Crippen molar-refractivity contribution in [1.29, 1.82) is 0 Å². The summed E-state index contributed by atoms with van der Waals surface area (Å²) >= 11 is 0. The van der Waals surface area contributed by atoms with Crippen LogP contribution in [-0.4, -0.2) is 37.2 Å². The zero-order chi connectivity index (χ0) is 24.5. The third-order valence-electron chi connectivity index (χ3n) is 6.87. The van der Waals surface area contributed by atoms with Crippen molar-refractivity contribution in [2.24, 2.45) is 0 Å². The molecular weight excluding hydrogens is 452 g/mol. The maximum absolute atomic E-state index is 13.2.